The molecule has 0 heteroatoms. The van der Waals surface area contributed by atoms with Crippen LogP contribution in [0.1, 0.15) is 11.1 Å². The summed E-state index contributed by atoms with van der Waals surface area (Å²) in [4.78, 5) is 0. The lowest BCUT2D eigenvalue weighted by Crippen LogP contribution is -1.95. The van der Waals surface area contributed by atoms with Crippen LogP contribution < -0.4 is 0 Å². The van der Waals surface area contributed by atoms with Gasteiger partial charge in [0.2, 0.25) is 0 Å². The summed E-state index contributed by atoms with van der Waals surface area (Å²) in [5.74, 6) is 0. The Morgan fingerprint density at radius 2 is 0.696 bits per heavy atom. The fraction of sp³-hybridized carbons (Fsp3) is 0. The molecule has 12 rings (SSSR count). The number of hydrogen-bond donors (Lipinski definition) is 0. The Labute approximate surface area is 325 Å². The second kappa shape index (κ2) is 12.1. The zero-order valence-electron chi connectivity index (χ0n) is 30.6. The fourth-order valence-corrected chi connectivity index (χ4v) is 9.59. The van der Waals surface area contributed by atoms with E-state index in [2.05, 4.69) is 206 Å². The van der Waals surface area contributed by atoms with Crippen LogP contribution in [0.2, 0.25) is 0 Å². The van der Waals surface area contributed by atoms with Crippen LogP contribution >= 0.6 is 0 Å². The molecule has 1 aliphatic rings. The molecule has 0 fully saturated rings. The molecular formula is C56H34. The minimum Gasteiger partial charge on any atom is -0.0616 e. The van der Waals surface area contributed by atoms with Gasteiger partial charge < -0.3 is 0 Å². The summed E-state index contributed by atoms with van der Waals surface area (Å²) in [6, 6.07) is 72.1. The van der Waals surface area contributed by atoms with E-state index >= 15 is 0 Å². The molecule has 0 heterocycles. The van der Waals surface area contributed by atoms with Crippen molar-refractivity contribution in [2.24, 2.45) is 0 Å². The van der Waals surface area contributed by atoms with Gasteiger partial charge in [-0.1, -0.05) is 188 Å². The van der Waals surface area contributed by atoms with Crippen molar-refractivity contribution in [2.75, 3.05) is 0 Å². The Morgan fingerprint density at radius 3 is 1.38 bits per heavy atom. The standard InChI is InChI=1S/C56H34/c1-2-14-37-32-40(25-24-35(37)12-1)56-51-22-9-7-20-49(51)55(50-21-8-10-23-52(50)56)39-16-11-15-38(33-39)43-28-26-36-13-3-4-17-42(36)54(43)41-27-29-48-47-31-30-46(47)44-18-5-6-19-45(44)53(48)34-41/h1-34H. The molecule has 56 heavy (non-hydrogen) atoms. The molecule has 0 unspecified atom stereocenters. The molecule has 0 amide bonds. The Morgan fingerprint density at radius 1 is 0.214 bits per heavy atom. The maximum atomic E-state index is 2.44. The van der Waals surface area contributed by atoms with Crippen LogP contribution in [0.25, 0.3) is 121 Å². The molecule has 0 aromatic heterocycles. The lowest BCUT2D eigenvalue weighted by Gasteiger charge is -2.20. The lowest BCUT2D eigenvalue weighted by molar-refractivity contribution is 1.61. The van der Waals surface area contributed by atoms with E-state index in [0.29, 0.717) is 0 Å². The van der Waals surface area contributed by atoms with Crippen molar-refractivity contribution in [3.63, 3.8) is 0 Å². The molecule has 0 N–H and O–H groups in total. The van der Waals surface area contributed by atoms with Crippen LogP contribution in [0.15, 0.2) is 194 Å². The Balaban J connectivity index is 1.09. The first-order chi connectivity index (χ1) is 27.8. The van der Waals surface area contributed by atoms with Gasteiger partial charge in [-0.05, 0) is 138 Å². The van der Waals surface area contributed by atoms with E-state index in [0.717, 1.165) is 0 Å². The summed E-state index contributed by atoms with van der Waals surface area (Å²) in [7, 11) is 0. The number of rotatable bonds is 4. The molecule has 0 aliphatic heterocycles. The van der Waals surface area contributed by atoms with Crippen LogP contribution in [-0.2, 0) is 0 Å². The van der Waals surface area contributed by atoms with Crippen LogP contribution in [0.4, 0.5) is 0 Å². The summed E-state index contributed by atoms with van der Waals surface area (Å²) in [5.41, 5.74) is 12.7. The van der Waals surface area contributed by atoms with Crippen LogP contribution in [0, 0.1) is 0 Å². The molecule has 11 aromatic carbocycles. The molecule has 0 bridgehead atoms. The highest BCUT2D eigenvalue weighted by molar-refractivity contribution is 6.23. The van der Waals surface area contributed by atoms with Gasteiger partial charge >= 0.3 is 0 Å². The van der Waals surface area contributed by atoms with Gasteiger partial charge in [-0.15, -0.1) is 0 Å². The molecule has 0 spiro atoms. The van der Waals surface area contributed by atoms with E-state index in [1.54, 1.807) is 0 Å². The molecular weight excluding hydrogens is 673 g/mol. The van der Waals surface area contributed by atoms with Gasteiger partial charge in [-0.3, -0.25) is 0 Å². The fourth-order valence-electron chi connectivity index (χ4n) is 9.59. The second-order valence-corrected chi connectivity index (χ2v) is 15.2. The summed E-state index contributed by atoms with van der Waals surface area (Å²) in [6.07, 6.45) is 4.52. The van der Waals surface area contributed by atoms with Crippen molar-refractivity contribution in [3.05, 3.63) is 205 Å². The first kappa shape index (κ1) is 31.1. The highest BCUT2D eigenvalue weighted by Crippen LogP contribution is 2.47. The predicted molar refractivity (Wildman–Crippen MR) is 242 cm³/mol. The van der Waals surface area contributed by atoms with Gasteiger partial charge in [0.1, 0.15) is 0 Å². The first-order valence-corrected chi connectivity index (χ1v) is 19.5. The predicted octanol–water partition coefficient (Wildman–Crippen LogP) is 15.8. The maximum absolute atomic E-state index is 2.44. The third-order valence-corrected chi connectivity index (χ3v) is 12.2. The Kier molecular flexibility index (Phi) is 6.73. The number of fused-ring (bicyclic) bond motifs is 10. The van der Waals surface area contributed by atoms with Gasteiger partial charge in [0, 0.05) is 0 Å². The normalized spacial score (nSPS) is 12.2. The maximum Gasteiger partial charge on any atom is -0.00262 e. The zero-order chi connectivity index (χ0) is 36.7. The van der Waals surface area contributed by atoms with E-state index < -0.39 is 0 Å². The molecule has 0 saturated carbocycles. The third kappa shape index (κ3) is 4.60. The van der Waals surface area contributed by atoms with Crippen molar-refractivity contribution in [1.29, 1.82) is 0 Å². The summed E-state index contributed by atoms with van der Waals surface area (Å²) < 4.78 is 0. The minimum atomic E-state index is 1.21. The van der Waals surface area contributed by atoms with Crippen molar-refractivity contribution >= 4 is 76.8 Å². The van der Waals surface area contributed by atoms with Crippen LogP contribution in [-0.4, -0.2) is 0 Å². The Hall–Kier alpha value is -7.28. The molecule has 0 saturated heterocycles. The van der Waals surface area contributed by atoms with Crippen molar-refractivity contribution in [3.8, 4) is 44.5 Å². The van der Waals surface area contributed by atoms with Gasteiger partial charge in [-0.2, -0.15) is 0 Å². The van der Waals surface area contributed by atoms with E-state index in [1.807, 2.05) is 0 Å². The molecule has 258 valence electrons. The van der Waals surface area contributed by atoms with E-state index in [9.17, 15) is 0 Å². The summed E-state index contributed by atoms with van der Waals surface area (Å²) in [6.45, 7) is 0. The average Bonchev–Trinajstić information content (AvgIpc) is 3.25. The van der Waals surface area contributed by atoms with E-state index in [4.69, 9.17) is 0 Å². The molecule has 0 atom stereocenters. The minimum absolute atomic E-state index is 1.21. The molecule has 11 aromatic rings. The molecule has 0 radical (unpaired) electrons. The van der Waals surface area contributed by atoms with Crippen LogP contribution in [0.5, 0.6) is 0 Å². The van der Waals surface area contributed by atoms with E-state index in [-0.39, 0.29) is 0 Å². The first-order valence-electron chi connectivity index (χ1n) is 19.5. The largest absolute Gasteiger partial charge is 0.0616 e. The highest BCUT2D eigenvalue weighted by Gasteiger charge is 2.20. The SMILES string of the molecule is C1=Cc2c1c1ccccc1c1cc(-c3c(-c4cccc(-c5c6ccccc6c(-c6ccc7ccccc7c6)c6ccccc56)c4)ccc4ccccc34)ccc21. The number of benzene rings is 11. The molecule has 1 aliphatic carbocycles. The Bertz CT molecular complexity index is 3410. The highest BCUT2D eigenvalue weighted by atomic mass is 14.2. The van der Waals surface area contributed by atoms with Crippen molar-refractivity contribution in [1.82, 2.24) is 0 Å². The third-order valence-electron chi connectivity index (χ3n) is 12.2. The number of hydrogen-bond acceptors (Lipinski definition) is 0. The zero-order valence-corrected chi connectivity index (χ0v) is 30.6. The van der Waals surface area contributed by atoms with Gasteiger partial charge in [-0.25, -0.2) is 0 Å². The van der Waals surface area contributed by atoms with Crippen molar-refractivity contribution < 1.29 is 0 Å². The van der Waals surface area contributed by atoms with E-state index in [1.165, 1.54) is 120 Å². The van der Waals surface area contributed by atoms with Crippen LogP contribution in [0.3, 0.4) is 0 Å². The van der Waals surface area contributed by atoms with Gasteiger partial charge in [0.25, 0.3) is 0 Å². The van der Waals surface area contributed by atoms with Crippen molar-refractivity contribution in [2.45, 2.75) is 0 Å². The topological polar surface area (TPSA) is 0 Å². The average molecular weight is 707 g/mol. The smallest absolute Gasteiger partial charge is 0.00262 e. The molecule has 0 nitrogen and oxygen atoms in total. The second-order valence-electron chi connectivity index (χ2n) is 15.2. The summed E-state index contributed by atoms with van der Waals surface area (Å²) in [5, 5.41) is 15.3. The monoisotopic (exact) mass is 706 g/mol. The summed E-state index contributed by atoms with van der Waals surface area (Å²) >= 11 is 0. The quantitative estimate of drug-likeness (QED) is 0.126. The van der Waals surface area contributed by atoms with Gasteiger partial charge in [0.05, 0.1) is 0 Å². The lowest BCUT2D eigenvalue weighted by atomic mass is 9.83. The van der Waals surface area contributed by atoms with Gasteiger partial charge in [0.15, 0.2) is 0 Å².